The summed E-state index contributed by atoms with van der Waals surface area (Å²) in [6.07, 6.45) is 0. The molecule has 0 saturated carbocycles. The Morgan fingerprint density at radius 2 is 1.88 bits per heavy atom. The highest BCUT2D eigenvalue weighted by molar-refractivity contribution is 7.10. The number of aryl methyl sites for hydroxylation is 1. The summed E-state index contributed by atoms with van der Waals surface area (Å²) in [6, 6.07) is 10.5. The fourth-order valence-corrected chi connectivity index (χ4v) is 2.48. The Kier molecular flexibility index (Phi) is 4.54. The zero-order chi connectivity index (χ0) is 10.8. The van der Waals surface area contributed by atoms with Crippen molar-refractivity contribution in [2.24, 2.45) is 5.73 Å². The van der Waals surface area contributed by atoms with Crippen molar-refractivity contribution in [3.63, 3.8) is 0 Å². The zero-order valence-electron chi connectivity index (χ0n) is 9.44. The number of halogens is 1. The van der Waals surface area contributed by atoms with Gasteiger partial charge in [-0.05, 0) is 42.0 Å². The Hall–Kier alpha value is -0.830. The molecular formula is C13H16ClNS. The molecule has 0 aliphatic rings. The number of nitrogens with two attached hydrogens (primary N) is 1. The topological polar surface area (TPSA) is 26.0 Å². The molecular weight excluding hydrogens is 238 g/mol. The number of rotatable bonds is 2. The van der Waals surface area contributed by atoms with Crippen LogP contribution in [-0.4, -0.2) is 0 Å². The van der Waals surface area contributed by atoms with E-state index in [2.05, 4.69) is 43.5 Å². The molecule has 2 rings (SSSR count). The van der Waals surface area contributed by atoms with Gasteiger partial charge in [0.1, 0.15) is 0 Å². The van der Waals surface area contributed by atoms with E-state index in [-0.39, 0.29) is 18.4 Å². The second kappa shape index (κ2) is 5.48. The van der Waals surface area contributed by atoms with Crippen molar-refractivity contribution >= 4 is 23.7 Å². The number of thiophene rings is 1. The maximum Gasteiger partial charge on any atom is 0.0648 e. The standard InChI is InChI=1S/C13H15NS.ClH/c1-9-5-3-6-11(10(9)2)13(14)12-7-4-8-15-12;/h3-8,13H,14H2,1-2H3;1H/t13-;/m0./s1. The van der Waals surface area contributed by atoms with Gasteiger partial charge >= 0.3 is 0 Å². The maximum absolute atomic E-state index is 6.24. The molecule has 0 unspecified atom stereocenters. The molecule has 16 heavy (non-hydrogen) atoms. The number of benzene rings is 1. The molecule has 0 bridgehead atoms. The van der Waals surface area contributed by atoms with Crippen LogP contribution in [0.4, 0.5) is 0 Å². The summed E-state index contributed by atoms with van der Waals surface area (Å²) in [5.41, 5.74) is 10.1. The van der Waals surface area contributed by atoms with E-state index in [0.29, 0.717) is 0 Å². The first-order valence-electron chi connectivity index (χ1n) is 5.05. The van der Waals surface area contributed by atoms with E-state index in [0.717, 1.165) is 0 Å². The normalized spacial score (nSPS) is 11.9. The average Bonchev–Trinajstić information content (AvgIpc) is 2.74. The van der Waals surface area contributed by atoms with Crippen LogP contribution in [0, 0.1) is 13.8 Å². The quantitative estimate of drug-likeness (QED) is 0.865. The summed E-state index contributed by atoms with van der Waals surface area (Å²) in [5.74, 6) is 0. The maximum atomic E-state index is 6.24. The van der Waals surface area contributed by atoms with Crippen molar-refractivity contribution in [3.05, 3.63) is 57.3 Å². The van der Waals surface area contributed by atoms with Crippen LogP contribution in [0.1, 0.15) is 27.6 Å². The lowest BCUT2D eigenvalue weighted by Crippen LogP contribution is -2.12. The Balaban J connectivity index is 0.00000128. The van der Waals surface area contributed by atoms with Crippen LogP contribution in [0.3, 0.4) is 0 Å². The van der Waals surface area contributed by atoms with Gasteiger partial charge in [-0.3, -0.25) is 0 Å². The first-order valence-corrected chi connectivity index (χ1v) is 5.93. The van der Waals surface area contributed by atoms with Gasteiger partial charge in [-0.25, -0.2) is 0 Å². The molecule has 1 nitrogen and oxygen atoms in total. The minimum absolute atomic E-state index is 0. The fraction of sp³-hybridized carbons (Fsp3) is 0.231. The smallest absolute Gasteiger partial charge is 0.0648 e. The Bertz CT molecular complexity index is 451. The third kappa shape index (κ3) is 2.46. The van der Waals surface area contributed by atoms with Crippen molar-refractivity contribution in [1.82, 2.24) is 0 Å². The van der Waals surface area contributed by atoms with Crippen LogP contribution in [0.15, 0.2) is 35.7 Å². The highest BCUT2D eigenvalue weighted by atomic mass is 35.5. The van der Waals surface area contributed by atoms with Crippen LogP contribution >= 0.6 is 23.7 Å². The van der Waals surface area contributed by atoms with Gasteiger partial charge in [-0.2, -0.15) is 0 Å². The Morgan fingerprint density at radius 3 is 2.50 bits per heavy atom. The summed E-state index contributed by atoms with van der Waals surface area (Å²) in [5, 5.41) is 2.07. The Labute approximate surface area is 107 Å². The van der Waals surface area contributed by atoms with Gasteiger partial charge in [0.15, 0.2) is 0 Å². The first-order chi connectivity index (χ1) is 7.20. The van der Waals surface area contributed by atoms with E-state index in [1.807, 2.05) is 6.07 Å². The van der Waals surface area contributed by atoms with Crippen molar-refractivity contribution in [2.75, 3.05) is 0 Å². The molecule has 0 radical (unpaired) electrons. The van der Waals surface area contributed by atoms with Crippen LogP contribution in [-0.2, 0) is 0 Å². The van der Waals surface area contributed by atoms with Crippen LogP contribution in [0.5, 0.6) is 0 Å². The van der Waals surface area contributed by atoms with Gasteiger partial charge < -0.3 is 5.73 Å². The highest BCUT2D eigenvalue weighted by Crippen LogP contribution is 2.27. The number of hydrogen-bond acceptors (Lipinski definition) is 2. The molecule has 1 aromatic carbocycles. The fourth-order valence-electron chi connectivity index (χ4n) is 1.73. The lowest BCUT2D eigenvalue weighted by Gasteiger charge is -2.14. The van der Waals surface area contributed by atoms with E-state index in [9.17, 15) is 0 Å². The predicted molar refractivity (Wildman–Crippen MR) is 73.5 cm³/mol. The van der Waals surface area contributed by atoms with E-state index < -0.39 is 0 Å². The third-order valence-corrected chi connectivity index (χ3v) is 3.79. The SMILES string of the molecule is Cc1cccc([C@H](N)c2cccs2)c1C.Cl. The molecule has 3 heteroatoms. The van der Waals surface area contributed by atoms with E-state index in [1.165, 1.54) is 21.6 Å². The lowest BCUT2D eigenvalue weighted by molar-refractivity contribution is 0.879. The molecule has 0 aliphatic carbocycles. The number of hydrogen-bond donors (Lipinski definition) is 1. The largest absolute Gasteiger partial charge is 0.320 e. The van der Waals surface area contributed by atoms with Crippen molar-refractivity contribution < 1.29 is 0 Å². The molecule has 0 saturated heterocycles. The van der Waals surface area contributed by atoms with E-state index in [4.69, 9.17) is 5.73 Å². The molecule has 1 heterocycles. The molecule has 0 fully saturated rings. The van der Waals surface area contributed by atoms with Crippen molar-refractivity contribution in [2.45, 2.75) is 19.9 Å². The van der Waals surface area contributed by atoms with Gasteiger partial charge in [0, 0.05) is 4.88 Å². The van der Waals surface area contributed by atoms with Crippen molar-refractivity contribution in [1.29, 1.82) is 0 Å². The third-order valence-electron chi connectivity index (χ3n) is 2.83. The van der Waals surface area contributed by atoms with Gasteiger partial charge in [-0.1, -0.05) is 24.3 Å². The summed E-state index contributed by atoms with van der Waals surface area (Å²) in [4.78, 5) is 1.23. The van der Waals surface area contributed by atoms with E-state index >= 15 is 0 Å². The van der Waals surface area contributed by atoms with Gasteiger partial charge in [0.25, 0.3) is 0 Å². The van der Waals surface area contributed by atoms with Gasteiger partial charge in [0.05, 0.1) is 6.04 Å². The van der Waals surface area contributed by atoms with E-state index in [1.54, 1.807) is 11.3 Å². The summed E-state index contributed by atoms with van der Waals surface area (Å²) < 4.78 is 0. The minimum atomic E-state index is 0. The summed E-state index contributed by atoms with van der Waals surface area (Å²) in [7, 11) is 0. The van der Waals surface area contributed by atoms with Crippen LogP contribution in [0.2, 0.25) is 0 Å². The molecule has 1 aromatic heterocycles. The summed E-state index contributed by atoms with van der Waals surface area (Å²) in [6.45, 7) is 4.26. The molecule has 1 atom stereocenters. The molecule has 2 aromatic rings. The van der Waals surface area contributed by atoms with Crippen LogP contribution < -0.4 is 5.73 Å². The first kappa shape index (κ1) is 13.2. The molecule has 86 valence electrons. The second-order valence-electron chi connectivity index (χ2n) is 3.78. The molecule has 0 amide bonds. The van der Waals surface area contributed by atoms with Crippen LogP contribution in [0.25, 0.3) is 0 Å². The molecule has 2 N–H and O–H groups in total. The monoisotopic (exact) mass is 253 g/mol. The van der Waals surface area contributed by atoms with Gasteiger partial charge in [0.2, 0.25) is 0 Å². The van der Waals surface area contributed by atoms with Crippen molar-refractivity contribution in [3.8, 4) is 0 Å². The summed E-state index contributed by atoms with van der Waals surface area (Å²) >= 11 is 1.72. The molecule has 0 aliphatic heterocycles. The van der Waals surface area contributed by atoms with Gasteiger partial charge in [-0.15, -0.1) is 23.7 Å². The Morgan fingerprint density at radius 1 is 1.12 bits per heavy atom. The molecule has 0 spiro atoms. The predicted octanol–water partition coefficient (Wildman–Crippen LogP) is 3.83. The highest BCUT2D eigenvalue weighted by Gasteiger charge is 2.12. The average molecular weight is 254 g/mol. The zero-order valence-corrected chi connectivity index (χ0v) is 11.1. The minimum Gasteiger partial charge on any atom is -0.320 e. The second-order valence-corrected chi connectivity index (χ2v) is 4.76. The lowest BCUT2D eigenvalue weighted by atomic mass is 9.97.